The fourth-order valence-electron chi connectivity index (χ4n) is 0.945. The van der Waals surface area contributed by atoms with Crippen LogP contribution in [0.3, 0.4) is 0 Å². The molecule has 0 aliphatic rings. The van der Waals surface area contributed by atoms with E-state index in [4.69, 9.17) is 5.73 Å². The molecule has 0 atom stereocenters. The first-order valence-electron chi connectivity index (χ1n) is 4.43. The van der Waals surface area contributed by atoms with Gasteiger partial charge in [-0.15, -0.1) is 0 Å². The summed E-state index contributed by atoms with van der Waals surface area (Å²) in [5, 5.41) is 0. The first kappa shape index (κ1) is 10.0. The maximum Gasteiger partial charge on any atom is 0.109 e. The Morgan fingerprint density at radius 2 is 1.80 bits per heavy atom. The van der Waals surface area contributed by atoms with Crippen molar-refractivity contribution in [2.24, 2.45) is 5.73 Å². The van der Waals surface area contributed by atoms with E-state index in [2.05, 4.69) is 14.2 Å². The van der Waals surface area contributed by atoms with Crippen LogP contribution in [0.25, 0.3) is 0 Å². The van der Waals surface area contributed by atoms with Crippen LogP contribution in [0.2, 0.25) is 12.6 Å². The van der Waals surface area contributed by atoms with E-state index in [0.717, 1.165) is 13.0 Å². The molecule has 0 fully saturated rings. The monoisotopic (exact) mass is 140 g/mol. The van der Waals surface area contributed by atoms with Gasteiger partial charge < -0.3 is 5.73 Å². The molecule has 10 heavy (non-hydrogen) atoms. The number of hydrogen-bond donors (Lipinski definition) is 1. The lowest BCUT2D eigenvalue weighted by atomic mass is 9.69. The lowest BCUT2D eigenvalue weighted by Crippen LogP contribution is -2.00. The van der Waals surface area contributed by atoms with Gasteiger partial charge in [0.1, 0.15) is 7.28 Å². The van der Waals surface area contributed by atoms with Crippen LogP contribution in [-0.4, -0.2) is 13.8 Å². The minimum Gasteiger partial charge on any atom is -0.331 e. The molecule has 1 nitrogen and oxygen atoms in total. The number of unbranched alkanes of at least 4 members (excludes halogenated alkanes) is 2. The van der Waals surface area contributed by atoms with Crippen LogP contribution in [0.5, 0.6) is 0 Å². The summed E-state index contributed by atoms with van der Waals surface area (Å²) in [6.07, 6.45) is 7.71. The zero-order valence-corrected chi connectivity index (χ0v) is 7.10. The van der Waals surface area contributed by atoms with Crippen molar-refractivity contribution in [3.05, 3.63) is 0 Å². The standard InChI is InChI=1S/C8H19BN/c1-2-3-4-6-9-7-5-8-10/h2-8,10H2,1H3. The summed E-state index contributed by atoms with van der Waals surface area (Å²) in [6.45, 7) is 3.07. The van der Waals surface area contributed by atoms with Crippen LogP contribution in [0.1, 0.15) is 32.6 Å². The molecule has 0 heterocycles. The Labute approximate surface area is 65.6 Å². The maximum atomic E-state index is 5.35. The smallest absolute Gasteiger partial charge is 0.109 e. The van der Waals surface area contributed by atoms with Gasteiger partial charge in [0.2, 0.25) is 0 Å². The van der Waals surface area contributed by atoms with E-state index in [0.29, 0.717) is 0 Å². The maximum absolute atomic E-state index is 5.35. The van der Waals surface area contributed by atoms with Gasteiger partial charge in [0.25, 0.3) is 0 Å². The van der Waals surface area contributed by atoms with Gasteiger partial charge in [-0.05, 0) is 13.0 Å². The molecule has 0 spiro atoms. The molecule has 2 heteroatoms. The number of hydrogen-bond acceptors (Lipinski definition) is 1. The van der Waals surface area contributed by atoms with Crippen LogP contribution >= 0.6 is 0 Å². The van der Waals surface area contributed by atoms with Gasteiger partial charge in [0.15, 0.2) is 0 Å². The summed E-state index contributed by atoms with van der Waals surface area (Å²) in [5.41, 5.74) is 5.35. The van der Waals surface area contributed by atoms with Crippen molar-refractivity contribution in [1.82, 2.24) is 0 Å². The van der Waals surface area contributed by atoms with E-state index in [1.54, 1.807) is 0 Å². The second kappa shape index (κ2) is 9.02. The van der Waals surface area contributed by atoms with Crippen LogP contribution in [0.15, 0.2) is 0 Å². The van der Waals surface area contributed by atoms with Gasteiger partial charge in [0, 0.05) is 0 Å². The third kappa shape index (κ3) is 8.02. The average Bonchev–Trinajstić information content (AvgIpc) is 1.97. The highest BCUT2D eigenvalue weighted by Crippen LogP contribution is 2.00. The highest BCUT2D eigenvalue weighted by molar-refractivity contribution is 6.35. The molecule has 1 radical (unpaired) electrons. The molecule has 0 rings (SSSR count). The minimum absolute atomic E-state index is 0.838. The van der Waals surface area contributed by atoms with Crippen LogP contribution < -0.4 is 5.73 Å². The van der Waals surface area contributed by atoms with Crippen molar-refractivity contribution in [1.29, 1.82) is 0 Å². The van der Waals surface area contributed by atoms with Gasteiger partial charge >= 0.3 is 0 Å². The lowest BCUT2D eigenvalue weighted by molar-refractivity contribution is 0.766. The van der Waals surface area contributed by atoms with Gasteiger partial charge in [-0.2, -0.15) is 0 Å². The molecule has 0 aliphatic carbocycles. The molecule has 0 amide bonds. The van der Waals surface area contributed by atoms with Crippen LogP contribution in [-0.2, 0) is 0 Å². The number of rotatable bonds is 7. The van der Waals surface area contributed by atoms with Gasteiger partial charge in [0.05, 0.1) is 0 Å². The second-order valence-corrected chi connectivity index (χ2v) is 2.72. The Balaban J connectivity index is 2.65. The first-order valence-corrected chi connectivity index (χ1v) is 4.43. The minimum atomic E-state index is 0.838. The normalized spacial score (nSPS) is 9.80. The molecule has 0 bridgehead atoms. The molecular weight excluding hydrogens is 121 g/mol. The topological polar surface area (TPSA) is 26.0 Å². The molecule has 0 aliphatic heterocycles. The fraction of sp³-hybridized carbons (Fsp3) is 1.00. The SMILES string of the molecule is CCCCC[B]CCCN. The Kier molecular flexibility index (Phi) is 9.05. The zero-order chi connectivity index (χ0) is 7.66. The summed E-state index contributed by atoms with van der Waals surface area (Å²) in [6, 6.07) is 0. The van der Waals surface area contributed by atoms with Crippen molar-refractivity contribution in [3.63, 3.8) is 0 Å². The Hall–Kier alpha value is 0.0249. The van der Waals surface area contributed by atoms with E-state index in [9.17, 15) is 0 Å². The van der Waals surface area contributed by atoms with Crippen LogP contribution in [0, 0.1) is 0 Å². The molecule has 59 valence electrons. The molecule has 0 aromatic heterocycles. The molecule has 0 aromatic carbocycles. The molecular formula is C8H19BN. The number of nitrogens with two attached hydrogens (primary N) is 1. The summed E-state index contributed by atoms with van der Waals surface area (Å²) >= 11 is 0. The Morgan fingerprint density at radius 1 is 1.10 bits per heavy atom. The van der Waals surface area contributed by atoms with E-state index >= 15 is 0 Å². The van der Waals surface area contributed by atoms with Gasteiger partial charge in [-0.3, -0.25) is 0 Å². The largest absolute Gasteiger partial charge is 0.331 e. The lowest BCUT2D eigenvalue weighted by Gasteiger charge is -1.96. The van der Waals surface area contributed by atoms with Crippen molar-refractivity contribution < 1.29 is 0 Å². The Bertz CT molecular complexity index is 49.2. The van der Waals surface area contributed by atoms with Crippen molar-refractivity contribution in [3.8, 4) is 0 Å². The molecule has 0 saturated heterocycles. The summed E-state index contributed by atoms with van der Waals surface area (Å²) in [7, 11) is 2.36. The third-order valence-electron chi connectivity index (χ3n) is 1.62. The second-order valence-electron chi connectivity index (χ2n) is 2.72. The van der Waals surface area contributed by atoms with E-state index in [1.807, 2.05) is 0 Å². The van der Waals surface area contributed by atoms with Gasteiger partial charge in [-0.1, -0.05) is 38.8 Å². The highest BCUT2D eigenvalue weighted by Gasteiger charge is 1.89. The van der Waals surface area contributed by atoms with E-state index in [1.165, 1.54) is 31.9 Å². The molecule has 0 aromatic rings. The summed E-state index contributed by atoms with van der Waals surface area (Å²) < 4.78 is 0. The van der Waals surface area contributed by atoms with Crippen molar-refractivity contribution in [2.45, 2.75) is 45.2 Å². The van der Waals surface area contributed by atoms with Crippen molar-refractivity contribution in [2.75, 3.05) is 6.54 Å². The zero-order valence-electron chi connectivity index (χ0n) is 7.10. The fourth-order valence-corrected chi connectivity index (χ4v) is 0.945. The molecule has 0 unspecified atom stereocenters. The van der Waals surface area contributed by atoms with Crippen LogP contribution in [0.4, 0.5) is 0 Å². The van der Waals surface area contributed by atoms with Gasteiger partial charge in [-0.25, -0.2) is 0 Å². The van der Waals surface area contributed by atoms with E-state index < -0.39 is 0 Å². The first-order chi connectivity index (χ1) is 4.91. The molecule has 2 N–H and O–H groups in total. The predicted molar refractivity (Wildman–Crippen MR) is 48.6 cm³/mol. The quantitative estimate of drug-likeness (QED) is 0.425. The summed E-state index contributed by atoms with van der Waals surface area (Å²) in [4.78, 5) is 0. The van der Waals surface area contributed by atoms with E-state index in [-0.39, 0.29) is 0 Å². The average molecular weight is 140 g/mol. The summed E-state index contributed by atoms with van der Waals surface area (Å²) in [5.74, 6) is 0. The Morgan fingerprint density at radius 3 is 2.40 bits per heavy atom. The third-order valence-corrected chi connectivity index (χ3v) is 1.62. The molecule has 0 saturated carbocycles. The predicted octanol–water partition coefficient (Wildman–Crippen LogP) is 2.07. The van der Waals surface area contributed by atoms with Crippen molar-refractivity contribution >= 4 is 7.28 Å². The highest BCUT2D eigenvalue weighted by atomic mass is 14.5.